The summed E-state index contributed by atoms with van der Waals surface area (Å²) in [6.07, 6.45) is 1.24. The molecule has 0 saturated carbocycles. The van der Waals surface area contributed by atoms with Gasteiger partial charge in [-0.25, -0.2) is 4.79 Å². The topological polar surface area (TPSA) is 158 Å². The lowest BCUT2D eigenvalue weighted by atomic mass is 9.80. The molecule has 1 aromatic rings. The summed E-state index contributed by atoms with van der Waals surface area (Å²) >= 11 is 7.39. The van der Waals surface area contributed by atoms with Crippen LogP contribution in [0, 0.1) is 5.41 Å². The van der Waals surface area contributed by atoms with Crippen LogP contribution in [0.1, 0.15) is 40.5 Å². The number of nitrogens with one attached hydrogen (secondary N) is 1. The number of aliphatic imine (C=N–C) groups is 1. The van der Waals surface area contributed by atoms with Gasteiger partial charge in [0.05, 0.1) is 10.7 Å². The Morgan fingerprint density at radius 2 is 1.91 bits per heavy atom. The number of hydrogen-bond donors (Lipinski definition) is 5. The van der Waals surface area contributed by atoms with Crippen LogP contribution < -0.4 is 28.3 Å². The van der Waals surface area contributed by atoms with E-state index in [0.29, 0.717) is 41.2 Å². The first-order chi connectivity index (χ1) is 14.8. The van der Waals surface area contributed by atoms with Gasteiger partial charge in [-0.2, -0.15) is 4.99 Å². The van der Waals surface area contributed by atoms with Crippen LogP contribution in [0.25, 0.3) is 0 Å². The van der Waals surface area contributed by atoms with Gasteiger partial charge in [0.1, 0.15) is 10.6 Å². The Morgan fingerprint density at radius 3 is 2.50 bits per heavy atom. The van der Waals surface area contributed by atoms with E-state index in [9.17, 15) is 4.79 Å². The molecule has 1 heterocycles. The van der Waals surface area contributed by atoms with Crippen molar-refractivity contribution in [2.75, 3.05) is 25.4 Å². The molecule has 0 spiro atoms. The molecule has 1 saturated heterocycles. The third-order valence-electron chi connectivity index (χ3n) is 5.05. The number of anilines is 1. The minimum atomic E-state index is -0.523. The number of thioether (sulfide) groups is 1. The lowest BCUT2D eigenvalue weighted by Gasteiger charge is -2.40. The van der Waals surface area contributed by atoms with Crippen molar-refractivity contribution >= 4 is 41.1 Å². The number of nitrogens with two attached hydrogens (primary N) is 4. The summed E-state index contributed by atoms with van der Waals surface area (Å²) in [5.41, 5.74) is 24.0. The van der Waals surface area contributed by atoms with Gasteiger partial charge >= 0.3 is 6.09 Å². The first kappa shape index (κ1) is 25.8. The largest absolute Gasteiger partial charge is 0.444 e. The third-order valence-corrected chi connectivity index (χ3v) is 6.58. The molecule has 178 valence electrons. The van der Waals surface area contributed by atoms with E-state index >= 15 is 0 Å². The Hall–Kier alpha value is -2.46. The van der Waals surface area contributed by atoms with Gasteiger partial charge in [0.15, 0.2) is 11.8 Å². The zero-order valence-corrected chi connectivity index (χ0v) is 20.6. The fourth-order valence-electron chi connectivity index (χ4n) is 3.08. The van der Waals surface area contributed by atoms with Gasteiger partial charge in [-0.05, 0) is 51.2 Å². The van der Waals surface area contributed by atoms with E-state index in [2.05, 4.69) is 17.2 Å². The Balaban J connectivity index is 1.94. The number of halogens is 1. The Morgan fingerprint density at radius 1 is 1.28 bits per heavy atom. The number of ether oxygens (including phenoxy) is 1. The number of hydrogen-bond acceptors (Lipinski definition) is 7. The number of piperidine rings is 1. The Kier molecular flexibility index (Phi) is 8.41. The second kappa shape index (κ2) is 10.4. The van der Waals surface area contributed by atoms with E-state index < -0.39 is 11.7 Å². The fourth-order valence-corrected chi connectivity index (χ4v) is 4.06. The number of likely N-dealkylation sites (tertiary alicyclic amines) is 1. The second-order valence-corrected chi connectivity index (χ2v) is 10.6. The molecule has 1 fully saturated rings. The molecule has 0 unspecified atom stereocenters. The fraction of sp³-hybridized carbons (Fsp3) is 0.524. The van der Waals surface area contributed by atoms with Crippen molar-refractivity contribution in [2.24, 2.45) is 27.6 Å². The number of guanidine groups is 1. The maximum Gasteiger partial charge on any atom is 0.407 e. The summed E-state index contributed by atoms with van der Waals surface area (Å²) in [6, 6.07) is 5.29. The summed E-state index contributed by atoms with van der Waals surface area (Å²) in [6.45, 7) is 9.54. The van der Waals surface area contributed by atoms with Gasteiger partial charge in [-0.1, -0.05) is 36.4 Å². The average molecular weight is 484 g/mol. The van der Waals surface area contributed by atoms with Crippen molar-refractivity contribution in [3.63, 3.8) is 0 Å². The van der Waals surface area contributed by atoms with Gasteiger partial charge in [0.2, 0.25) is 0 Å². The van der Waals surface area contributed by atoms with Crippen molar-refractivity contribution in [2.45, 2.75) is 51.0 Å². The third kappa shape index (κ3) is 7.59. The average Bonchev–Trinajstić information content (AvgIpc) is 2.69. The van der Waals surface area contributed by atoms with Crippen LogP contribution in [-0.4, -0.2) is 42.2 Å². The highest BCUT2D eigenvalue weighted by Gasteiger charge is 2.32. The number of nitrogen functional groups attached to an aromatic ring is 1. The molecule has 2 rings (SSSR count). The predicted octanol–water partition coefficient (Wildman–Crippen LogP) is 3.00. The molecular formula is C21H34ClN7O2S. The van der Waals surface area contributed by atoms with Gasteiger partial charge in [0, 0.05) is 24.5 Å². The molecule has 1 aromatic carbocycles. The standard InChI is InChI=1S/C21H34ClN7O2S/c1-20(2,3)31-19(30)27-12-21(4)8-10-29(11-9-21)18(26)28-16(24)17(25)32-14-7-5-6-13(23)15(14)22/h5-7H,8-12,23-25H2,1-4H3,(H2,26,28)(H,27,30)/b17-16+. The van der Waals surface area contributed by atoms with Crippen LogP contribution in [0.2, 0.25) is 5.02 Å². The lowest BCUT2D eigenvalue weighted by molar-refractivity contribution is 0.0483. The molecule has 0 aromatic heterocycles. The molecule has 0 aliphatic carbocycles. The maximum absolute atomic E-state index is 11.9. The number of carbonyl (C=O) groups is 1. The summed E-state index contributed by atoms with van der Waals surface area (Å²) in [7, 11) is 0. The highest BCUT2D eigenvalue weighted by molar-refractivity contribution is 8.03. The molecule has 9 nitrogen and oxygen atoms in total. The van der Waals surface area contributed by atoms with Gasteiger partial charge in [0.25, 0.3) is 0 Å². The van der Waals surface area contributed by atoms with Gasteiger partial charge in [-0.15, -0.1) is 0 Å². The summed E-state index contributed by atoms with van der Waals surface area (Å²) in [5.74, 6) is 0.415. The van der Waals surface area contributed by atoms with Crippen molar-refractivity contribution in [1.29, 1.82) is 0 Å². The minimum absolute atomic E-state index is 0.0616. The second-order valence-electron chi connectivity index (χ2n) is 9.13. The van der Waals surface area contributed by atoms with Crippen LogP contribution >= 0.6 is 23.4 Å². The molecule has 9 N–H and O–H groups in total. The first-order valence-corrected chi connectivity index (χ1v) is 11.5. The molecule has 0 radical (unpaired) electrons. The molecule has 1 aliphatic heterocycles. The normalized spacial score (nSPS) is 17.5. The highest BCUT2D eigenvalue weighted by Crippen LogP contribution is 2.35. The highest BCUT2D eigenvalue weighted by atomic mass is 35.5. The number of alkyl carbamates (subject to hydrolysis) is 1. The van der Waals surface area contributed by atoms with E-state index in [-0.39, 0.29) is 16.3 Å². The smallest absolute Gasteiger partial charge is 0.407 e. The van der Waals surface area contributed by atoms with Crippen LogP contribution in [0.4, 0.5) is 10.5 Å². The molecule has 11 heteroatoms. The van der Waals surface area contributed by atoms with Gasteiger partial charge < -0.3 is 37.9 Å². The van der Waals surface area contributed by atoms with Crippen molar-refractivity contribution < 1.29 is 9.53 Å². The Labute approximate surface area is 198 Å². The SMILES string of the molecule is CC1(CNC(=O)OC(C)(C)C)CCN(/C(N)=N/C(N)=C(\N)Sc2cccc(N)c2Cl)CC1. The van der Waals surface area contributed by atoms with E-state index in [4.69, 9.17) is 39.3 Å². The van der Waals surface area contributed by atoms with Crippen LogP contribution in [0.15, 0.2) is 38.9 Å². The zero-order valence-electron chi connectivity index (χ0n) is 19.1. The zero-order chi connectivity index (χ0) is 24.1. The molecule has 1 aliphatic rings. The van der Waals surface area contributed by atoms with Crippen LogP contribution in [-0.2, 0) is 4.74 Å². The van der Waals surface area contributed by atoms with E-state index in [1.54, 1.807) is 18.2 Å². The van der Waals surface area contributed by atoms with Crippen molar-refractivity contribution in [1.82, 2.24) is 10.2 Å². The minimum Gasteiger partial charge on any atom is -0.444 e. The summed E-state index contributed by atoms with van der Waals surface area (Å²) in [5, 5.41) is 3.56. The number of nitrogens with zero attached hydrogens (tertiary/aromatic N) is 2. The molecular weight excluding hydrogens is 450 g/mol. The molecule has 0 bridgehead atoms. The maximum atomic E-state index is 11.9. The number of amides is 1. The quantitative estimate of drug-likeness (QED) is 0.185. The summed E-state index contributed by atoms with van der Waals surface area (Å²) in [4.78, 5) is 18.9. The van der Waals surface area contributed by atoms with E-state index in [1.807, 2.05) is 25.7 Å². The lowest BCUT2D eigenvalue weighted by Crippen LogP contribution is -2.49. The van der Waals surface area contributed by atoms with E-state index in [0.717, 1.165) is 12.8 Å². The Bertz CT molecular complexity index is 891. The molecule has 1 amide bonds. The summed E-state index contributed by atoms with van der Waals surface area (Å²) < 4.78 is 5.31. The molecule has 0 atom stereocenters. The van der Waals surface area contributed by atoms with Crippen molar-refractivity contribution in [3.05, 3.63) is 34.1 Å². The van der Waals surface area contributed by atoms with E-state index in [1.165, 1.54) is 11.8 Å². The van der Waals surface area contributed by atoms with Crippen LogP contribution in [0.3, 0.4) is 0 Å². The first-order valence-electron chi connectivity index (χ1n) is 10.3. The molecule has 32 heavy (non-hydrogen) atoms. The predicted molar refractivity (Wildman–Crippen MR) is 132 cm³/mol. The monoisotopic (exact) mass is 483 g/mol. The number of rotatable bonds is 5. The number of carbonyl (C=O) groups excluding carboxylic acids is 1. The van der Waals surface area contributed by atoms with Gasteiger partial charge in [-0.3, -0.25) is 0 Å². The number of benzene rings is 1. The van der Waals surface area contributed by atoms with Crippen LogP contribution in [0.5, 0.6) is 0 Å². The van der Waals surface area contributed by atoms with Crippen molar-refractivity contribution in [3.8, 4) is 0 Å².